The summed E-state index contributed by atoms with van der Waals surface area (Å²) in [7, 11) is 0. The van der Waals surface area contributed by atoms with E-state index >= 15 is 0 Å². The fourth-order valence-electron chi connectivity index (χ4n) is 1.97. The zero-order valence-corrected chi connectivity index (χ0v) is 16.1. The van der Waals surface area contributed by atoms with Gasteiger partial charge >= 0.3 is 92.4 Å². The normalized spacial score (nSPS) is 10.1. The molecule has 0 atom stereocenters. The van der Waals surface area contributed by atoms with Crippen molar-refractivity contribution in [3.8, 4) is 0 Å². The predicted molar refractivity (Wildman–Crippen MR) is 89.1 cm³/mol. The van der Waals surface area contributed by atoms with Gasteiger partial charge in [0.2, 0.25) is 0 Å². The number of hydrogen-bond acceptors (Lipinski definition) is 1. The molecule has 0 spiro atoms. The minimum Gasteiger partial charge on any atom is -0.265 e. The molecule has 0 aliphatic heterocycles. The summed E-state index contributed by atoms with van der Waals surface area (Å²) in [6.07, 6.45) is 12.3. The van der Waals surface area contributed by atoms with Crippen molar-refractivity contribution in [2.45, 2.75) is 72.6 Å². The van der Waals surface area contributed by atoms with Crippen LogP contribution >= 0.6 is 0 Å². The molecule has 1 heterocycles. The van der Waals surface area contributed by atoms with Gasteiger partial charge in [-0.1, -0.05) is 6.07 Å². The monoisotopic (exact) mass is 370 g/mol. The van der Waals surface area contributed by atoms with Crippen molar-refractivity contribution >= 4 is 19.8 Å². The van der Waals surface area contributed by atoms with Crippen LogP contribution in [-0.2, 0) is 0 Å². The van der Waals surface area contributed by atoms with E-state index in [1.165, 1.54) is 38.5 Å². The smallest absolute Gasteiger partial charge is 0.0267 e. The summed E-state index contributed by atoms with van der Waals surface area (Å²) in [5.41, 5.74) is 0. The number of unbranched alkanes of at least 4 members (excludes halogenated alkanes) is 3. The van der Waals surface area contributed by atoms with Crippen LogP contribution < -0.4 is 0 Å². The Morgan fingerprint density at radius 2 is 1.11 bits per heavy atom. The van der Waals surface area contributed by atoms with Crippen molar-refractivity contribution in [3.63, 3.8) is 0 Å². The molecule has 0 unspecified atom stereocenters. The molecule has 19 heavy (non-hydrogen) atoms. The third-order valence-electron chi connectivity index (χ3n) is 3.22. The molecule has 0 aliphatic rings. The van der Waals surface area contributed by atoms with E-state index in [0.717, 1.165) is 0 Å². The first-order valence-corrected chi connectivity index (χ1v) is 14.1. The van der Waals surface area contributed by atoms with Crippen LogP contribution in [0.3, 0.4) is 0 Å². The van der Waals surface area contributed by atoms with Gasteiger partial charge < -0.3 is 0 Å². The molecular formula is C17H32NSn. The molecule has 0 aromatic carbocycles. The third-order valence-corrected chi connectivity index (χ3v) is 12.3. The van der Waals surface area contributed by atoms with Crippen LogP contribution in [0.15, 0.2) is 30.6 Å². The van der Waals surface area contributed by atoms with Crippen molar-refractivity contribution in [2.24, 2.45) is 0 Å². The Morgan fingerprint density at radius 3 is 1.32 bits per heavy atom. The van der Waals surface area contributed by atoms with E-state index in [0.29, 0.717) is 0 Å². The maximum Gasteiger partial charge on any atom is 0.0267 e. The fraction of sp³-hybridized carbons (Fsp3) is 0.706. The average molecular weight is 369 g/mol. The first-order chi connectivity index (χ1) is 9.35. The number of pyridine rings is 1. The van der Waals surface area contributed by atoms with E-state index in [1.807, 2.05) is 18.2 Å². The minimum atomic E-state index is -0.839. The van der Waals surface area contributed by atoms with E-state index in [1.54, 1.807) is 25.7 Å². The predicted octanol–water partition coefficient (Wildman–Crippen LogP) is 5.96. The summed E-state index contributed by atoms with van der Waals surface area (Å²) < 4.78 is 5.04. The largest absolute Gasteiger partial charge is 0.265 e. The first kappa shape index (κ1) is 18.9. The molecule has 109 valence electrons. The Hall–Kier alpha value is -0.0513. The van der Waals surface area contributed by atoms with E-state index < -0.39 is 19.8 Å². The second kappa shape index (κ2) is 16.0. The van der Waals surface area contributed by atoms with Crippen LogP contribution in [0.5, 0.6) is 0 Å². The average Bonchev–Trinajstić information content (AvgIpc) is 2.49. The standard InChI is InChI=1S/C5H5N.3C4H9.Sn/c1-2-4-6-5-3-1;3*1-3-4-2;/h1-5H;3*1,3-4H2,2H3;. The Balaban J connectivity index is 0.000000443. The first-order valence-electron chi connectivity index (χ1n) is 8.03. The van der Waals surface area contributed by atoms with Gasteiger partial charge in [-0.3, -0.25) is 4.98 Å². The fourth-order valence-corrected chi connectivity index (χ4v) is 11.4. The molecular weight excluding hydrogens is 337 g/mol. The van der Waals surface area contributed by atoms with Crippen LogP contribution in [0.2, 0.25) is 13.3 Å². The van der Waals surface area contributed by atoms with Gasteiger partial charge in [0.15, 0.2) is 0 Å². The summed E-state index contributed by atoms with van der Waals surface area (Å²) in [6.45, 7) is 7.00. The quantitative estimate of drug-likeness (QED) is 0.489. The third kappa shape index (κ3) is 14.2. The van der Waals surface area contributed by atoms with Gasteiger partial charge in [0.1, 0.15) is 0 Å². The molecule has 1 aromatic heterocycles. The Kier molecular flexibility index (Phi) is 16.0. The summed E-state index contributed by atoms with van der Waals surface area (Å²) in [5, 5.41) is 0. The Morgan fingerprint density at radius 1 is 0.684 bits per heavy atom. The summed E-state index contributed by atoms with van der Waals surface area (Å²) >= 11 is -0.839. The second-order valence-corrected chi connectivity index (χ2v) is 13.6. The van der Waals surface area contributed by atoms with Gasteiger partial charge in [-0.15, -0.1) is 0 Å². The van der Waals surface area contributed by atoms with Gasteiger partial charge in [-0.2, -0.15) is 0 Å². The van der Waals surface area contributed by atoms with E-state index in [9.17, 15) is 0 Å². The number of rotatable bonds is 9. The summed E-state index contributed by atoms with van der Waals surface area (Å²) in [6, 6.07) is 5.72. The molecule has 1 nitrogen and oxygen atoms in total. The van der Waals surface area contributed by atoms with E-state index in [2.05, 4.69) is 25.8 Å². The molecule has 0 saturated heterocycles. The number of nitrogens with zero attached hydrogens (tertiary/aromatic N) is 1. The van der Waals surface area contributed by atoms with Gasteiger partial charge in [-0.25, -0.2) is 0 Å². The molecule has 2 heteroatoms. The molecule has 0 saturated carbocycles. The van der Waals surface area contributed by atoms with Crippen LogP contribution in [0.25, 0.3) is 0 Å². The van der Waals surface area contributed by atoms with Gasteiger partial charge in [0, 0.05) is 12.4 Å². The Bertz CT molecular complexity index is 205. The van der Waals surface area contributed by atoms with Crippen LogP contribution in [0.1, 0.15) is 59.3 Å². The second-order valence-electron chi connectivity index (χ2n) is 5.09. The zero-order valence-electron chi connectivity index (χ0n) is 13.2. The van der Waals surface area contributed by atoms with Crippen molar-refractivity contribution in [2.75, 3.05) is 0 Å². The molecule has 1 rings (SSSR count). The van der Waals surface area contributed by atoms with E-state index in [-0.39, 0.29) is 0 Å². The maximum atomic E-state index is 3.78. The topological polar surface area (TPSA) is 12.9 Å². The molecule has 1 radical (unpaired) electrons. The van der Waals surface area contributed by atoms with Crippen LogP contribution in [0, 0.1) is 0 Å². The molecule has 0 aliphatic carbocycles. The van der Waals surface area contributed by atoms with Crippen LogP contribution in [0.4, 0.5) is 0 Å². The summed E-state index contributed by atoms with van der Waals surface area (Å²) in [4.78, 5) is 3.78. The molecule has 0 N–H and O–H groups in total. The van der Waals surface area contributed by atoms with Crippen molar-refractivity contribution in [1.29, 1.82) is 0 Å². The molecule has 0 amide bonds. The van der Waals surface area contributed by atoms with Gasteiger partial charge in [0.25, 0.3) is 0 Å². The van der Waals surface area contributed by atoms with E-state index in [4.69, 9.17) is 0 Å². The summed E-state index contributed by atoms with van der Waals surface area (Å²) in [5.74, 6) is 0. The molecule has 0 fully saturated rings. The number of aromatic nitrogens is 1. The van der Waals surface area contributed by atoms with Crippen LogP contribution in [-0.4, -0.2) is 24.7 Å². The Labute approximate surface area is 128 Å². The number of hydrogen-bond donors (Lipinski definition) is 0. The van der Waals surface area contributed by atoms with Gasteiger partial charge in [-0.05, 0) is 12.1 Å². The van der Waals surface area contributed by atoms with Crippen molar-refractivity contribution < 1.29 is 0 Å². The van der Waals surface area contributed by atoms with Crippen molar-refractivity contribution in [1.82, 2.24) is 4.98 Å². The van der Waals surface area contributed by atoms with Crippen molar-refractivity contribution in [3.05, 3.63) is 30.6 Å². The zero-order chi connectivity index (χ0) is 14.2. The maximum absolute atomic E-state index is 3.78. The SMILES string of the molecule is CCC[CH2][Sn]([CH2]CCC)[CH2]CCC.c1ccncc1. The van der Waals surface area contributed by atoms with Gasteiger partial charge in [0.05, 0.1) is 0 Å². The molecule has 1 aromatic rings. The minimum absolute atomic E-state index is 0.839. The molecule has 0 bridgehead atoms.